The van der Waals surface area contributed by atoms with Crippen LogP contribution in [0.4, 0.5) is 13.6 Å². The molecule has 1 aromatic rings. The third kappa shape index (κ3) is 6.93. The van der Waals surface area contributed by atoms with E-state index in [2.05, 4.69) is 4.84 Å². The van der Waals surface area contributed by atoms with E-state index in [0.717, 1.165) is 0 Å². The first-order chi connectivity index (χ1) is 25.8. The third-order valence-electron chi connectivity index (χ3n) is 12.2. The lowest BCUT2D eigenvalue weighted by Crippen LogP contribution is -2.70. The Hall–Kier alpha value is -4.32. The number of Topliss-reactive ketones (excluding diaryl/α,β-unsaturated/α-hetero) is 1. The molecule has 300 valence electrons. The van der Waals surface area contributed by atoms with Crippen LogP contribution in [0, 0.1) is 32.8 Å². The van der Waals surface area contributed by atoms with Crippen LogP contribution in [0.2, 0.25) is 0 Å². The highest BCUT2D eigenvalue weighted by Gasteiger charge is 2.80. The van der Waals surface area contributed by atoms with Crippen LogP contribution in [0.5, 0.6) is 5.75 Å². The van der Waals surface area contributed by atoms with Gasteiger partial charge < -0.3 is 39.4 Å². The Morgan fingerprint density at radius 3 is 2.47 bits per heavy atom. The van der Waals surface area contributed by atoms with E-state index >= 15 is 8.78 Å². The molecule has 0 radical (unpaired) electrons. The largest absolute Gasteiger partial charge is 0.514 e. The van der Waals surface area contributed by atoms with E-state index in [9.17, 15) is 34.4 Å². The molecule has 1 saturated heterocycles. The van der Waals surface area contributed by atoms with Gasteiger partial charge in [0.25, 0.3) is 5.09 Å². The van der Waals surface area contributed by atoms with Crippen molar-refractivity contribution in [2.45, 2.75) is 108 Å². The van der Waals surface area contributed by atoms with E-state index in [-0.39, 0.29) is 62.4 Å². The summed E-state index contributed by atoms with van der Waals surface area (Å²) in [6.45, 7) is 5.53. The van der Waals surface area contributed by atoms with Crippen LogP contribution in [0.3, 0.4) is 0 Å². The van der Waals surface area contributed by atoms with Crippen LogP contribution in [0.25, 0.3) is 0 Å². The smallest absolute Gasteiger partial charge is 0.465 e. The summed E-state index contributed by atoms with van der Waals surface area (Å²) in [5.74, 6) is -5.32. The highest BCUT2D eigenvalue weighted by atomic mass is 19.1. The molecule has 0 bridgehead atoms. The predicted octanol–water partition coefficient (Wildman–Crippen LogP) is 4.34. The molecule has 15 nitrogen and oxygen atoms in total. The molecule has 17 heteroatoms. The van der Waals surface area contributed by atoms with Gasteiger partial charge >= 0.3 is 12.1 Å². The average Bonchev–Trinajstić information content (AvgIpc) is 3.53. The maximum atomic E-state index is 17.7. The van der Waals surface area contributed by atoms with Crippen molar-refractivity contribution in [1.29, 1.82) is 0 Å². The zero-order valence-corrected chi connectivity index (χ0v) is 31.0. The first-order valence-corrected chi connectivity index (χ1v) is 18.3. The topological polar surface area (TPSA) is 213 Å². The summed E-state index contributed by atoms with van der Waals surface area (Å²) in [7, 11) is 0. The second-order valence-corrected chi connectivity index (χ2v) is 15.9. The van der Waals surface area contributed by atoms with Crippen molar-refractivity contribution in [1.82, 2.24) is 0 Å². The van der Waals surface area contributed by atoms with E-state index in [4.69, 9.17) is 29.4 Å². The van der Waals surface area contributed by atoms with Crippen molar-refractivity contribution in [3.8, 4) is 5.75 Å². The fourth-order valence-electron chi connectivity index (χ4n) is 9.79. The summed E-state index contributed by atoms with van der Waals surface area (Å²) in [5.41, 5.74) is -0.431. The van der Waals surface area contributed by atoms with Crippen LogP contribution in [-0.4, -0.2) is 89.0 Å². The fourth-order valence-corrected chi connectivity index (χ4v) is 9.79. The SMILES string of the molecule is CC1(C)O[C@@H]2CC3C4CC(F)=C5CC(=O)C=C[C@]5(C)[C@@]4(F)[C@@H](O)C[C@]3(C)[C@]2(C(=O)COC(=O)Oc2ccc(C[C@H](N)C(=O)OCCCCO[N+](=O)[O-])cc2)O1. The van der Waals surface area contributed by atoms with Gasteiger partial charge in [-0.05, 0) is 88.1 Å². The number of carbonyl (C=O) groups excluding carboxylic acids is 4. The van der Waals surface area contributed by atoms with E-state index in [1.807, 2.05) is 0 Å². The molecular formula is C38H46F2N2O13. The van der Waals surface area contributed by atoms with Crippen molar-refractivity contribution in [2.75, 3.05) is 19.8 Å². The van der Waals surface area contributed by atoms with Crippen LogP contribution >= 0.6 is 0 Å². The molecule has 3 N–H and O–H groups in total. The lowest BCUT2D eigenvalue weighted by molar-refractivity contribution is -0.757. The molecular weight excluding hydrogens is 730 g/mol. The summed E-state index contributed by atoms with van der Waals surface area (Å²) in [4.78, 5) is 65.9. The lowest BCUT2D eigenvalue weighted by Gasteiger charge is -2.62. The molecule has 6 rings (SSSR count). The number of allylic oxidation sites excluding steroid dienone is 4. The normalized spacial score (nSPS) is 34.8. The Kier molecular flexibility index (Phi) is 10.7. The molecule has 1 aromatic carbocycles. The number of nitrogens with zero attached hydrogens (tertiary/aromatic N) is 1. The highest BCUT2D eigenvalue weighted by molar-refractivity contribution is 5.94. The van der Waals surface area contributed by atoms with Crippen molar-refractivity contribution in [3.05, 3.63) is 63.5 Å². The molecule has 0 spiro atoms. The van der Waals surface area contributed by atoms with Crippen LogP contribution in [0.15, 0.2) is 47.8 Å². The number of hydrogen-bond acceptors (Lipinski definition) is 14. The van der Waals surface area contributed by atoms with Gasteiger partial charge in [-0.2, -0.15) is 0 Å². The fraction of sp³-hybridized carbons (Fsp3) is 0.632. The van der Waals surface area contributed by atoms with Gasteiger partial charge in [0.1, 0.15) is 17.6 Å². The molecule has 0 aromatic heterocycles. The number of benzene rings is 1. The monoisotopic (exact) mass is 776 g/mol. The predicted molar refractivity (Wildman–Crippen MR) is 185 cm³/mol. The summed E-state index contributed by atoms with van der Waals surface area (Å²) >= 11 is 0. The second-order valence-electron chi connectivity index (χ2n) is 15.9. The Labute approximate surface area is 315 Å². The maximum absolute atomic E-state index is 17.7. The minimum Gasteiger partial charge on any atom is -0.465 e. The summed E-state index contributed by atoms with van der Waals surface area (Å²) < 4.78 is 61.8. The third-order valence-corrected chi connectivity index (χ3v) is 12.2. The molecule has 1 aliphatic heterocycles. The van der Waals surface area contributed by atoms with Crippen molar-refractivity contribution >= 4 is 23.7 Å². The minimum atomic E-state index is -2.36. The number of esters is 1. The zero-order valence-electron chi connectivity index (χ0n) is 31.0. The van der Waals surface area contributed by atoms with E-state index < -0.39 is 93.4 Å². The van der Waals surface area contributed by atoms with E-state index in [1.54, 1.807) is 32.9 Å². The number of rotatable bonds is 13. The number of ether oxygens (including phenoxy) is 5. The molecule has 0 amide bonds. The number of alkyl halides is 1. The van der Waals surface area contributed by atoms with Gasteiger partial charge in [-0.15, -0.1) is 10.1 Å². The van der Waals surface area contributed by atoms with Crippen LogP contribution in [0.1, 0.15) is 71.8 Å². The molecule has 3 fully saturated rings. The van der Waals surface area contributed by atoms with Gasteiger partial charge in [-0.25, -0.2) is 13.6 Å². The zero-order chi connectivity index (χ0) is 40.1. The molecule has 4 aliphatic carbocycles. The Morgan fingerprint density at radius 1 is 1.09 bits per heavy atom. The average molecular weight is 777 g/mol. The quantitative estimate of drug-likeness (QED) is 0.0938. The summed E-state index contributed by atoms with van der Waals surface area (Å²) in [6, 6.07) is 5.01. The number of nitrogens with two attached hydrogens (primary N) is 1. The Balaban J connectivity index is 1.09. The van der Waals surface area contributed by atoms with E-state index in [0.29, 0.717) is 18.4 Å². The van der Waals surface area contributed by atoms with Gasteiger partial charge in [0.2, 0.25) is 5.78 Å². The number of fused-ring (bicyclic) bond motifs is 7. The first-order valence-electron chi connectivity index (χ1n) is 18.3. The standard InChI is InChI=1S/C38H46F2N2O13/c1-34(2)54-31-18-24-25-17-27(39)26-16-22(43)11-12-35(26,3)37(25,40)29(44)19-36(24,4)38(31,55-34)30(45)20-51-33(47)53-23-9-7-21(8-10-23)15-28(41)32(46)50-13-5-6-14-52-42(48)49/h7-12,24-25,28-29,31,44H,5-6,13-20,41H2,1-4H3/t24?,25?,28-,29-,31+,35-,36-,37-,38+/m0/s1. The number of unbranched alkanes of at least 4 members (excludes halogenated alkanes) is 1. The molecule has 1 heterocycles. The number of halogens is 2. The minimum absolute atomic E-state index is 0.0179. The van der Waals surface area contributed by atoms with Gasteiger partial charge in [0.05, 0.1) is 25.4 Å². The number of aliphatic hydroxyl groups excluding tert-OH is 1. The molecule has 9 atom stereocenters. The Bertz CT molecular complexity index is 1800. The molecule has 2 saturated carbocycles. The number of aliphatic hydroxyl groups is 1. The maximum Gasteiger partial charge on any atom is 0.514 e. The van der Waals surface area contributed by atoms with Gasteiger partial charge in [-0.1, -0.05) is 25.1 Å². The van der Waals surface area contributed by atoms with Gasteiger partial charge in [0, 0.05) is 29.6 Å². The second kappa shape index (κ2) is 14.6. The molecule has 55 heavy (non-hydrogen) atoms. The highest BCUT2D eigenvalue weighted by Crippen LogP contribution is 2.72. The molecule has 2 unspecified atom stereocenters. The van der Waals surface area contributed by atoms with Crippen LogP contribution in [-0.2, 0) is 44.6 Å². The number of hydrogen-bond donors (Lipinski definition) is 2. The van der Waals surface area contributed by atoms with Gasteiger partial charge in [0.15, 0.2) is 29.4 Å². The van der Waals surface area contributed by atoms with Gasteiger partial charge in [-0.3, -0.25) is 14.4 Å². The molecule has 5 aliphatic rings. The lowest BCUT2D eigenvalue weighted by atomic mass is 9.45. The summed E-state index contributed by atoms with van der Waals surface area (Å²) in [5, 5.41) is 21.0. The van der Waals surface area contributed by atoms with Crippen molar-refractivity contribution in [3.63, 3.8) is 0 Å². The van der Waals surface area contributed by atoms with Crippen LogP contribution < -0.4 is 10.5 Å². The first kappa shape index (κ1) is 40.3. The summed E-state index contributed by atoms with van der Waals surface area (Å²) in [6.07, 6.45) is -1.26. The van der Waals surface area contributed by atoms with E-state index in [1.165, 1.54) is 31.2 Å². The Morgan fingerprint density at radius 2 is 1.78 bits per heavy atom. The van der Waals surface area contributed by atoms with Crippen molar-refractivity contribution < 1.29 is 66.7 Å². The number of carbonyl (C=O) groups is 4. The number of ketones is 2. The van der Waals surface area contributed by atoms with Crippen molar-refractivity contribution in [2.24, 2.45) is 28.4 Å².